The molecule has 0 bridgehead atoms. The van der Waals surface area contributed by atoms with Gasteiger partial charge in [0.15, 0.2) is 6.61 Å². The fraction of sp³-hybridized carbons (Fsp3) is 0.538. The van der Waals surface area contributed by atoms with E-state index in [4.69, 9.17) is 5.73 Å². The van der Waals surface area contributed by atoms with Crippen LogP contribution < -0.4 is 15.8 Å². The summed E-state index contributed by atoms with van der Waals surface area (Å²) in [4.78, 5) is 15.4. The van der Waals surface area contributed by atoms with Gasteiger partial charge in [-0.2, -0.15) is 13.2 Å². The van der Waals surface area contributed by atoms with Crippen molar-refractivity contribution in [2.75, 3.05) is 6.61 Å². The molecule has 0 fully saturated rings. The molecule has 0 radical (unpaired) electrons. The topological polar surface area (TPSA) is 77.2 Å². The van der Waals surface area contributed by atoms with Gasteiger partial charge in [0, 0.05) is 18.3 Å². The van der Waals surface area contributed by atoms with Gasteiger partial charge in [-0.1, -0.05) is 19.4 Å². The maximum absolute atomic E-state index is 12.1. The second-order valence-corrected chi connectivity index (χ2v) is 4.48. The minimum atomic E-state index is -4.44. The third kappa shape index (κ3) is 7.46. The Morgan fingerprint density at radius 1 is 1.50 bits per heavy atom. The number of alkyl halides is 3. The number of rotatable bonds is 7. The number of ether oxygens (including phenoxy) is 1. The van der Waals surface area contributed by atoms with Crippen LogP contribution in [0.2, 0.25) is 0 Å². The number of carbonyl (C=O) groups excluding carboxylic acids is 1. The second-order valence-electron chi connectivity index (χ2n) is 4.48. The van der Waals surface area contributed by atoms with Crippen LogP contribution >= 0.6 is 12.4 Å². The standard InChI is InChI=1S/C13H18F3N3O2.ClH/c1-2-4-10(17)11(20)19-7-9-5-3-6-18-12(9)21-8-13(14,15)16;/h3,5-6,10H,2,4,7-8,17H2,1H3,(H,19,20);1H. The number of carbonyl (C=O) groups is 1. The summed E-state index contributed by atoms with van der Waals surface area (Å²) in [5.74, 6) is -0.512. The van der Waals surface area contributed by atoms with E-state index in [2.05, 4.69) is 15.0 Å². The molecule has 0 aliphatic rings. The zero-order valence-electron chi connectivity index (χ0n) is 12.0. The number of nitrogens with one attached hydrogen (secondary N) is 1. The summed E-state index contributed by atoms with van der Waals surface area (Å²) in [5, 5.41) is 2.56. The molecule has 0 spiro atoms. The van der Waals surface area contributed by atoms with Gasteiger partial charge in [0.1, 0.15) is 0 Å². The van der Waals surface area contributed by atoms with E-state index in [1.807, 2.05) is 6.92 Å². The molecule has 126 valence electrons. The first kappa shape index (κ1) is 20.5. The zero-order chi connectivity index (χ0) is 15.9. The molecule has 0 saturated carbocycles. The predicted octanol–water partition coefficient (Wildman–Crippen LogP) is 2.19. The van der Waals surface area contributed by atoms with E-state index in [-0.39, 0.29) is 30.7 Å². The molecule has 1 aromatic rings. The first-order valence-corrected chi connectivity index (χ1v) is 6.50. The Morgan fingerprint density at radius 3 is 2.77 bits per heavy atom. The van der Waals surface area contributed by atoms with Crippen molar-refractivity contribution in [3.63, 3.8) is 0 Å². The van der Waals surface area contributed by atoms with Crippen LogP contribution in [-0.2, 0) is 11.3 Å². The number of nitrogens with two attached hydrogens (primary N) is 1. The molecule has 3 N–H and O–H groups in total. The molecule has 1 aromatic heterocycles. The number of halogens is 4. The number of amides is 1. The van der Waals surface area contributed by atoms with Crippen LogP contribution in [0, 0.1) is 0 Å². The molecule has 0 aliphatic heterocycles. The Kier molecular flexibility index (Phi) is 8.81. The van der Waals surface area contributed by atoms with Gasteiger partial charge in [0.05, 0.1) is 6.04 Å². The lowest BCUT2D eigenvalue weighted by molar-refractivity contribution is -0.154. The van der Waals surface area contributed by atoms with Gasteiger partial charge < -0.3 is 15.8 Å². The van der Waals surface area contributed by atoms with Gasteiger partial charge in [-0.25, -0.2) is 4.98 Å². The number of pyridine rings is 1. The molecular weight excluding hydrogens is 323 g/mol. The molecule has 0 aliphatic carbocycles. The van der Waals surface area contributed by atoms with E-state index in [9.17, 15) is 18.0 Å². The smallest absolute Gasteiger partial charge is 0.422 e. The summed E-state index contributed by atoms with van der Waals surface area (Å²) in [6, 6.07) is 2.45. The number of aromatic nitrogens is 1. The summed E-state index contributed by atoms with van der Waals surface area (Å²) in [5.41, 5.74) is 6.00. The van der Waals surface area contributed by atoms with Gasteiger partial charge in [-0.15, -0.1) is 12.4 Å². The Morgan fingerprint density at radius 2 is 2.18 bits per heavy atom. The van der Waals surface area contributed by atoms with Crippen LogP contribution in [-0.4, -0.2) is 29.7 Å². The van der Waals surface area contributed by atoms with Gasteiger partial charge in [0.25, 0.3) is 0 Å². The van der Waals surface area contributed by atoms with Gasteiger partial charge >= 0.3 is 6.18 Å². The lowest BCUT2D eigenvalue weighted by Crippen LogP contribution is -2.40. The van der Waals surface area contributed by atoms with E-state index in [1.165, 1.54) is 12.3 Å². The normalized spacial score (nSPS) is 12.2. The van der Waals surface area contributed by atoms with Crippen molar-refractivity contribution in [3.05, 3.63) is 23.9 Å². The Bertz CT molecular complexity index is 472. The molecule has 0 saturated heterocycles. The first-order valence-electron chi connectivity index (χ1n) is 6.50. The summed E-state index contributed by atoms with van der Waals surface area (Å²) < 4.78 is 41.0. The van der Waals surface area contributed by atoms with Crippen molar-refractivity contribution in [3.8, 4) is 5.88 Å². The number of nitrogens with zero attached hydrogens (tertiary/aromatic N) is 1. The highest BCUT2D eigenvalue weighted by Gasteiger charge is 2.29. The molecule has 1 rings (SSSR count). The lowest BCUT2D eigenvalue weighted by atomic mass is 10.1. The fourth-order valence-electron chi connectivity index (χ4n) is 1.59. The zero-order valence-corrected chi connectivity index (χ0v) is 12.8. The van der Waals surface area contributed by atoms with Crippen LogP contribution in [0.1, 0.15) is 25.3 Å². The minimum Gasteiger partial charge on any atom is -0.468 e. The third-order valence-corrected chi connectivity index (χ3v) is 2.61. The van der Waals surface area contributed by atoms with Gasteiger partial charge in [0.2, 0.25) is 11.8 Å². The van der Waals surface area contributed by atoms with E-state index >= 15 is 0 Å². The quantitative estimate of drug-likeness (QED) is 0.797. The molecule has 9 heteroatoms. The van der Waals surface area contributed by atoms with Crippen molar-refractivity contribution >= 4 is 18.3 Å². The molecule has 1 amide bonds. The van der Waals surface area contributed by atoms with Gasteiger partial charge in [-0.3, -0.25) is 4.79 Å². The predicted molar refractivity (Wildman–Crippen MR) is 77.8 cm³/mol. The summed E-state index contributed by atoms with van der Waals surface area (Å²) in [6.07, 6.45) is -1.82. The van der Waals surface area contributed by atoms with Crippen molar-refractivity contribution in [1.29, 1.82) is 0 Å². The molecule has 22 heavy (non-hydrogen) atoms. The molecule has 1 atom stereocenters. The molecular formula is C13H19ClF3N3O2. The lowest BCUT2D eigenvalue weighted by Gasteiger charge is -2.14. The minimum absolute atomic E-state index is 0. The first-order chi connectivity index (χ1) is 9.83. The van der Waals surface area contributed by atoms with Crippen LogP contribution in [0.5, 0.6) is 5.88 Å². The van der Waals surface area contributed by atoms with E-state index in [0.717, 1.165) is 6.42 Å². The van der Waals surface area contributed by atoms with Crippen molar-refractivity contribution in [2.24, 2.45) is 5.73 Å². The highest BCUT2D eigenvalue weighted by atomic mass is 35.5. The Labute approximate surface area is 132 Å². The highest BCUT2D eigenvalue weighted by Crippen LogP contribution is 2.19. The van der Waals surface area contributed by atoms with E-state index < -0.39 is 18.8 Å². The highest BCUT2D eigenvalue weighted by molar-refractivity contribution is 5.85. The summed E-state index contributed by atoms with van der Waals surface area (Å²) in [6.45, 7) is 0.481. The second kappa shape index (κ2) is 9.47. The SMILES string of the molecule is CCCC(N)C(=O)NCc1cccnc1OCC(F)(F)F.Cl. The van der Waals surface area contributed by atoms with Crippen molar-refractivity contribution in [2.45, 2.75) is 38.5 Å². The Balaban J connectivity index is 0.00000441. The summed E-state index contributed by atoms with van der Waals surface area (Å²) in [7, 11) is 0. The fourth-order valence-corrected chi connectivity index (χ4v) is 1.59. The number of hydrogen-bond acceptors (Lipinski definition) is 4. The third-order valence-electron chi connectivity index (χ3n) is 2.61. The maximum atomic E-state index is 12.1. The van der Waals surface area contributed by atoms with Crippen molar-refractivity contribution < 1.29 is 22.7 Å². The van der Waals surface area contributed by atoms with Crippen LogP contribution in [0.25, 0.3) is 0 Å². The van der Waals surface area contributed by atoms with Crippen LogP contribution in [0.15, 0.2) is 18.3 Å². The Hall–Kier alpha value is -1.54. The van der Waals surface area contributed by atoms with E-state index in [0.29, 0.717) is 12.0 Å². The largest absolute Gasteiger partial charge is 0.468 e. The van der Waals surface area contributed by atoms with Crippen LogP contribution in [0.4, 0.5) is 13.2 Å². The monoisotopic (exact) mass is 341 g/mol. The maximum Gasteiger partial charge on any atom is 0.422 e. The molecule has 1 unspecified atom stereocenters. The average Bonchev–Trinajstić information content (AvgIpc) is 2.42. The molecule has 1 heterocycles. The van der Waals surface area contributed by atoms with Crippen molar-refractivity contribution in [1.82, 2.24) is 10.3 Å². The number of hydrogen-bond donors (Lipinski definition) is 2. The average molecular weight is 342 g/mol. The summed E-state index contributed by atoms with van der Waals surface area (Å²) >= 11 is 0. The van der Waals surface area contributed by atoms with Gasteiger partial charge in [-0.05, 0) is 12.5 Å². The van der Waals surface area contributed by atoms with E-state index in [1.54, 1.807) is 6.07 Å². The van der Waals surface area contributed by atoms with Crippen LogP contribution in [0.3, 0.4) is 0 Å². The molecule has 0 aromatic carbocycles. The molecule has 5 nitrogen and oxygen atoms in total.